The second-order valence-corrected chi connectivity index (χ2v) is 3.98. The Bertz CT molecular complexity index is 583. The first-order valence-corrected chi connectivity index (χ1v) is 5.47. The van der Waals surface area contributed by atoms with Gasteiger partial charge in [-0.15, -0.1) is 0 Å². The highest BCUT2D eigenvalue weighted by atomic mass is 35.5. The van der Waals surface area contributed by atoms with Crippen molar-refractivity contribution in [2.45, 2.75) is 6.54 Å². The second kappa shape index (κ2) is 5.01. The molecule has 0 aromatic carbocycles. The van der Waals surface area contributed by atoms with E-state index in [0.717, 1.165) is 5.69 Å². The summed E-state index contributed by atoms with van der Waals surface area (Å²) in [6.45, 7) is 0.459. The van der Waals surface area contributed by atoms with Crippen molar-refractivity contribution in [2.75, 3.05) is 5.32 Å². The van der Waals surface area contributed by atoms with E-state index in [0.29, 0.717) is 12.4 Å². The lowest BCUT2D eigenvalue weighted by atomic mass is 10.3. The molecular formula is C10H10ClN5O2. The summed E-state index contributed by atoms with van der Waals surface area (Å²) in [7, 11) is 1.81. The van der Waals surface area contributed by atoms with Crippen molar-refractivity contribution in [1.29, 1.82) is 0 Å². The van der Waals surface area contributed by atoms with Gasteiger partial charge in [-0.2, -0.15) is 5.10 Å². The Hall–Kier alpha value is -2.15. The average molecular weight is 268 g/mol. The van der Waals surface area contributed by atoms with Crippen LogP contribution in [0, 0.1) is 10.1 Å². The molecule has 2 rings (SSSR count). The largest absolute Gasteiger partial charge is 0.364 e. The minimum atomic E-state index is -0.511. The maximum absolute atomic E-state index is 10.7. The van der Waals surface area contributed by atoms with E-state index in [9.17, 15) is 10.1 Å². The first-order valence-electron chi connectivity index (χ1n) is 5.09. The molecule has 18 heavy (non-hydrogen) atoms. The van der Waals surface area contributed by atoms with Crippen LogP contribution in [0.5, 0.6) is 0 Å². The zero-order valence-electron chi connectivity index (χ0n) is 9.50. The summed E-state index contributed by atoms with van der Waals surface area (Å²) in [5.41, 5.74) is 0.835. The monoisotopic (exact) mass is 267 g/mol. The van der Waals surface area contributed by atoms with E-state index < -0.39 is 4.92 Å². The van der Waals surface area contributed by atoms with Gasteiger partial charge in [0.05, 0.1) is 29.3 Å². The maximum atomic E-state index is 10.7. The number of aryl methyl sites for hydroxylation is 1. The SMILES string of the molecule is Cn1nccc1CNc1cc([N+](=O)[O-])cc(Cl)n1. The van der Waals surface area contributed by atoms with E-state index in [-0.39, 0.29) is 10.8 Å². The van der Waals surface area contributed by atoms with Gasteiger partial charge in [0.15, 0.2) is 0 Å². The van der Waals surface area contributed by atoms with E-state index in [1.165, 1.54) is 12.1 Å². The topological polar surface area (TPSA) is 85.9 Å². The molecule has 0 saturated carbocycles. The quantitative estimate of drug-likeness (QED) is 0.520. The van der Waals surface area contributed by atoms with Gasteiger partial charge < -0.3 is 5.32 Å². The van der Waals surface area contributed by atoms with E-state index in [4.69, 9.17) is 11.6 Å². The number of nitrogens with zero attached hydrogens (tertiary/aromatic N) is 4. The summed E-state index contributed by atoms with van der Waals surface area (Å²) in [5.74, 6) is 0.357. The lowest BCUT2D eigenvalue weighted by molar-refractivity contribution is -0.384. The molecule has 0 atom stereocenters. The molecule has 0 spiro atoms. The van der Waals surface area contributed by atoms with Crippen molar-refractivity contribution >= 4 is 23.1 Å². The molecule has 0 unspecified atom stereocenters. The van der Waals surface area contributed by atoms with E-state index in [2.05, 4.69) is 15.4 Å². The van der Waals surface area contributed by atoms with Gasteiger partial charge in [-0.25, -0.2) is 4.98 Å². The van der Waals surface area contributed by atoms with Crippen LogP contribution >= 0.6 is 11.6 Å². The molecule has 0 bridgehead atoms. The molecule has 2 aromatic rings. The molecule has 0 aliphatic carbocycles. The highest BCUT2D eigenvalue weighted by Crippen LogP contribution is 2.20. The van der Waals surface area contributed by atoms with Crippen LogP contribution in [0.4, 0.5) is 11.5 Å². The van der Waals surface area contributed by atoms with Crippen LogP contribution < -0.4 is 5.32 Å². The predicted octanol–water partition coefficient (Wildman–Crippen LogP) is 1.99. The summed E-state index contributed by atoms with van der Waals surface area (Å²) >= 11 is 5.71. The molecule has 7 nitrogen and oxygen atoms in total. The standard InChI is InChI=1S/C10H10ClN5O2/c1-15-7(2-3-13-15)6-12-10-5-8(16(17)18)4-9(11)14-10/h2-5H,6H2,1H3,(H,12,14). The lowest BCUT2D eigenvalue weighted by Crippen LogP contribution is -2.06. The van der Waals surface area contributed by atoms with Gasteiger partial charge in [0.25, 0.3) is 5.69 Å². The number of anilines is 1. The third-order valence-electron chi connectivity index (χ3n) is 2.36. The van der Waals surface area contributed by atoms with Crippen molar-refractivity contribution in [3.05, 3.63) is 45.4 Å². The Balaban J connectivity index is 2.14. The number of pyridine rings is 1. The van der Waals surface area contributed by atoms with Crippen LogP contribution in [0.3, 0.4) is 0 Å². The molecule has 0 fully saturated rings. The number of aromatic nitrogens is 3. The van der Waals surface area contributed by atoms with Gasteiger partial charge >= 0.3 is 0 Å². The van der Waals surface area contributed by atoms with Crippen LogP contribution in [-0.4, -0.2) is 19.7 Å². The Morgan fingerprint density at radius 2 is 2.33 bits per heavy atom. The highest BCUT2D eigenvalue weighted by Gasteiger charge is 2.10. The van der Waals surface area contributed by atoms with Gasteiger partial charge in [0.2, 0.25) is 0 Å². The molecule has 0 saturated heterocycles. The van der Waals surface area contributed by atoms with Crippen LogP contribution in [0.1, 0.15) is 5.69 Å². The summed E-state index contributed by atoms with van der Waals surface area (Å²) in [5, 5.41) is 17.7. The molecule has 1 N–H and O–H groups in total. The zero-order chi connectivity index (χ0) is 13.1. The molecule has 2 heterocycles. The Morgan fingerprint density at radius 1 is 1.56 bits per heavy atom. The molecule has 0 amide bonds. The average Bonchev–Trinajstić information content (AvgIpc) is 2.71. The Kier molecular flexibility index (Phi) is 3.42. The van der Waals surface area contributed by atoms with Crippen LogP contribution in [0.25, 0.3) is 0 Å². The summed E-state index contributed by atoms with van der Waals surface area (Å²) in [6, 6.07) is 4.38. The number of halogens is 1. The predicted molar refractivity (Wildman–Crippen MR) is 66.4 cm³/mol. The van der Waals surface area contributed by atoms with Crippen molar-refractivity contribution in [3.8, 4) is 0 Å². The molecule has 0 aliphatic heterocycles. The fourth-order valence-electron chi connectivity index (χ4n) is 1.44. The van der Waals surface area contributed by atoms with Crippen molar-refractivity contribution in [1.82, 2.24) is 14.8 Å². The molecule has 0 aliphatic rings. The number of rotatable bonds is 4. The Morgan fingerprint density at radius 3 is 2.94 bits per heavy atom. The first-order chi connectivity index (χ1) is 8.56. The van der Waals surface area contributed by atoms with E-state index >= 15 is 0 Å². The van der Waals surface area contributed by atoms with E-state index in [1.807, 2.05) is 13.1 Å². The van der Waals surface area contributed by atoms with Gasteiger partial charge in [0.1, 0.15) is 11.0 Å². The third kappa shape index (κ3) is 2.75. The minimum Gasteiger partial charge on any atom is -0.364 e. The smallest absolute Gasteiger partial charge is 0.276 e. The summed E-state index contributed by atoms with van der Waals surface area (Å²) < 4.78 is 1.70. The third-order valence-corrected chi connectivity index (χ3v) is 2.56. The van der Waals surface area contributed by atoms with Crippen molar-refractivity contribution in [3.63, 3.8) is 0 Å². The number of nitrogens with one attached hydrogen (secondary N) is 1. The first kappa shape index (κ1) is 12.3. The summed E-state index contributed by atoms with van der Waals surface area (Å²) in [6.07, 6.45) is 1.67. The normalized spacial score (nSPS) is 10.3. The minimum absolute atomic E-state index is 0.0803. The van der Waals surface area contributed by atoms with Gasteiger partial charge in [0, 0.05) is 13.2 Å². The van der Waals surface area contributed by atoms with E-state index in [1.54, 1.807) is 10.9 Å². The number of nitro groups is 1. The molecular weight excluding hydrogens is 258 g/mol. The number of hydrogen-bond acceptors (Lipinski definition) is 5. The van der Waals surface area contributed by atoms with Crippen molar-refractivity contribution < 1.29 is 4.92 Å². The highest BCUT2D eigenvalue weighted by molar-refractivity contribution is 6.29. The zero-order valence-corrected chi connectivity index (χ0v) is 10.3. The molecule has 8 heteroatoms. The van der Waals surface area contributed by atoms with Crippen LogP contribution in [0.15, 0.2) is 24.4 Å². The number of hydrogen-bond donors (Lipinski definition) is 1. The fraction of sp³-hybridized carbons (Fsp3) is 0.200. The maximum Gasteiger partial charge on any atom is 0.276 e. The molecule has 0 radical (unpaired) electrons. The van der Waals surface area contributed by atoms with Crippen molar-refractivity contribution in [2.24, 2.45) is 7.05 Å². The fourth-order valence-corrected chi connectivity index (χ4v) is 1.64. The van der Waals surface area contributed by atoms with Crippen LogP contribution in [0.2, 0.25) is 5.15 Å². The lowest BCUT2D eigenvalue weighted by Gasteiger charge is -2.06. The molecule has 2 aromatic heterocycles. The van der Waals surface area contributed by atoms with Gasteiger partial charge in [-0.1, -0.05) is 11.6 Å². The van der Waals surface area contributed by atoms with Gasteiger partial charge in [-0.05, 0) is 6.07 Å². The Labute approximate surface area is 108 Å². The summed E-state index contributed by atoms with van der Waals surface area (Å²) in [4.78, 5) is 14.1. The molecule has 94 valence electrons. The van der Waals surface area contributed by atoms with Gasteiger partial charge in [-0.3, -0.25) is 14.8 Å². The van der Waals surface area contributed by atoms with Crippen LogP contribution in [-0.2, 0) is 13.6 Å². The second-order valence-electron chi connectivity index (χ2n) is 3.59.